The predicted molar refractivity (Wildman–Crippen MR) is 67.6 cm³/mol. The third kappa shape index (κ3) is 4.43. The number of likely N-dealkylation sites (N-methyl/N-ethyl adjacent to an activating group) is 2. The summed E-state index contributed by atoms with van der Waals surface area (Å²) >= 11 is 0. The Hall–Kier alpha value is -1.46. The monoisotopic (exact) mass is 254 g/mol. The quantitative estimate of drug-likeness (QED) is 0.848. The lowest BCUT2D eigenvalue weighted by atomic mass is 10.1. The Morgan fingerprint density at radius 2 is 1.83 bits per heavy atom. The van der Waals surface area contributed by atoms with Crippen LogP contribution in [0.25, 0.3) is 0 Å². The first kappa shape index (κ1) is 14.6. The predicted octanol–water partition coefficient (Wildman–Crippen LogP) is 0.879. The summed E-state index contributed by atoms with van der Waals surface area (Å²) in [5.74, 6) is -0.356. The van der Waals surface area contributed by atoms with E-state index in [2.05, 4.69) is 0 Å². The molecule has 4 nitrogen and oxygen atoms in total. The fourth-order valence-corrected chi connectivity index (χ4v) is 1.52. The first-order valence-electron chi connectivity index (χ1n) is 5.72. The first-order chi connectivity index (χ1) is 8.40. The van der Waals surface area contributed by atoms with Crippen molar-refractivity contribution in [2.75, 3.05) is 34.2 Å². The number of hydrogen-bond acceptors (Lipinski definition) is 3. The second kappa shape index (κ2) is 6.47. The van der Waals surface area contributed by atoms with Crippen LogP contribution in [0.15, 0.2) is 24.3 Å². The van der Waals surface area contributed by atoms with Gasteiger partial charge in [-0.2, -0.15) is 0 Å². The van der Waals surface area contributed by atoms with Gasteiger partial charge in [0.15, 0.2) is 0 Å². The van der Waals surface area contributed by atoms with Crippen LogP contribution in [0.3, 0.4) is 0 Å². The number of hydrogen-bond donors (Lipinski definition) is 1. The van der Waals surface area contributed by atoms with Crippen LogP contribution in [-0.2, 0) is 4.79 Å². The number of aliphatic hydroxyl groups is 1. The third-order valence-electron chi connectivity index (χ3n) is 2.64. The average Bonchev–Trinajstić information content (AvgIpc) is 2.29. The molecule has 0 aliphatic carbocycles. The van der Waals surface area contributed by atoms with Gasteiger partial charge in [-0.3, -0.25) is 9.69 Å². The van der Waals surface area contributed by atoms with Gasteiger partial charge in [0, 0.05) is 20.6 Å². The van der Waals surface area contributed by atoms with Gasteiger partial charge in [0.25, 0.3) is 0 Å². The summed E-state index contributed by atoms with van der Waals surface area (Å²) in [6.45, 7) is 0.566. The standard InChI is InChI=1S/C13H19FN2O2/c1-15(2)13(18)9-16(3)8-12(17)10-4-6-11(14)7-5-10/h4-7,12,17H,8-9H2,1-3H3. The molecule has 1 amide bonds. The molecule has 5 heteroatoms. The molecule has 0 saturated carbocycles. The van der Waals surface area contributed by atoms with E-state index in [-0.39, 0.29) is 18.3 Å². The van der Waals surface area contributed by atoms with Crippen molar-refractivity contribution in [1.29, 1.82) is 0 Å². The highest BCUT2D eigenvalue weighted by atomic mass is 19.1. The lowest BCUT2D eigenvalue weighted by Crippen LogP contribution is -2.36. The van der Waals surface area contributed by atoms with Crippen LogP contribution in [0.2, 0.25) is 0 Å². The first-order valence-corrected chi connectivity index (χ1v) is 5.72. The van der Waals surface area contributed by atoms with Crippen LogP contribution in [-0.4, -0.2) is 55.0 Å². The van der Waals surface area contributed by atoms with Gasteiger partial charge in [0.05, 0.1) is 12.6 Å². The van der Waals surface area contributed by atoms with E-state index in [4.69, 9.17) is 0 Å². The maximum atomic E-state index is 12.7. The maximum absolute atomic E-state index is 12.7. The Kier molecular flexibility index (Phi) is 5.25. The van der Waals surface area contributed by atoms with E-state index >= 15 is 0 Å². The fraction of sp³-hybridized carbons (Fsp3) is 0.462. The van der Waals surface area contributed by atoms with Crippen molar-refractivity contribution in [2.24, 2.45) is 0 Å². The summed E-state index contributed by atoms with van der Waals surface area (Å²) in [5.41, 5.74) is 0.639. The largest absolute Gasteiger partial charge is 0.387 e. The highest BCUT2D eigenvalue weighted by Gasteiger charge is 2.14. The summed E-state index contributed by atoms with van der Waals surface area (Å²) in [6, 6.07) is 5.70. The molecule has 0 bridgehead atoms. The zero-order valence-corrected chi connectivity index (χ0v) is 10.9. The molecule has 1 N–H and O–H groups in total. The van der Waals surface area contributed by atoms with E-state index in [9.17, 15) is 14.3 Å². The molecule has 0 aliphatic rings. The molecule has 1 rings (SSSR count). The number of aliphatic hydroxyl groups excluding tert-OH is 1. The molecule has 1 atom stereocenters. The van der Waals surface area contributed by atoms with Gasteiger partial charge >= 0.3 is 0 Å². The normalized spacial score (nSPS) is 12.6. The highest BCUT2D eigenvalue weighted by Crippen LogP contribution is 2.14. The summed E-state index contributed by atoms with van der Waals surface area (Å²) in [7, 11) is 5.13. The second-order valence-electron chi connectivity index (χ2n) is 4.55. The number of carbonyl (C=O) groups is 1. The zero-order chi connectivity index (χ0) is 13.7. The van der Waals surface area contributed by atoms with E-state index in [0.717, 1.165) is 0 Å². The van der Waals surface area contributed by atoms with Crippen molar-refractivity contribution >= 4 is 5.91 Å². The summed E-state index contributed by atoms with van der Waals surface area (Å²) in [5, 5.41) is 9.94. The smallest absolute Gasteiger partial charge is 0.236 e. The van der Waals surface area contributed by atoms with Crippen LogP contribution in [0.4, 0.5) is 4.39 Å². The molecule has 0 aliphatic heterocycles. The van der Waals surface area contributed by atoms with Crippen molar-refractivity contribution in [3.8, 4) is 0 Å². The molecule has 0 radical (unpaired) electrons. The second-order valence-corrected chi connectivity index (χ2v) is 4.55. The number of amides is 1. The fourth-order valence-electron chi connectivity index (χ4n) is 1.52. The minimum Gasteiger partial charge on any atom is -0.387 e. The molecule has 0 saturated heterocycles. The number of carbonyl (C=O) groups excluding carboxylic acids is 1. The molecule has 0 heterocycles. The summed E-state index contributed by atoms with van der Waals surface area (Å²) < 4.78 is 12.7. The molecule has 1 aromatic rings. The molecule has 0 aromatic heterocycles. The van der Waals surface area contributed by atoms with Gasteiger partial charge in [-0.05, 0) is 24.7 Å². The van der Waals surface area contributed by atoms with E-state index in [1.165, 1.54) is 17.0 Å². The van der Waals surface area contributed by atoms with E-state index in [1.54, 1.807) is 38.2 Å². The lowest BCUT2D eigenvalue weighted by Gasteiger charge is -2.21. The number of nitrogens with zero attached hydrogens (tertiary/aromatic N) is 2. The minimum atomic E-state index is -0.731. The van der Waals surface area contributed by atoms with E-state index < -0.39 is 6.10 Å². The molecule has 0 spiro atoms. The Balaban J connectivity index is 2.51. The molecular formula is C13H19FN2O2. The number of rotatable bonds is 5. The Morgan fingerprint density at radius 1 is 1.28 bits per heavy atom. The zero-order valence-electron chi connectivity index (χ0n) is 10.9. The van der Waals surface area contributed by atoms with Crippen molar-refractivity contribution < 1.29 is 14.3 Å². The van der Waals surface area contributed by atoms with E-state index in [1.807, 2.05) is 0 Å². The van der Waals surface area contributed by atoms with Crippen LogP contribution in [0.5, 0.6) is 0 Å². The Morgan fingerprint density at radius 3 is 2.33 bits per heavy atom. The molecule has 18 heavy (non-hydrogen) atoms. The number of halogens is 1. The lowest BCUT2D eigenvalue weighted by molar-refractivity contribution is -0.129. The van der Waals surface area contributed by atoms with E-state index in [0.29, 0.717) is 12.1 Å². The van der Waals surface area contributed by atoms with Crippen LogP contribution in [0, 0.1) is 5.82 Å². The van der Waals surface area contributed by atoms with Gasteiger partial charge in [0.2, 0.25) is 5.91 Å². The van der Waals surface area contributed by atoms with Crippen molar-refractivity contribution in [2.45, 2.75) is 6.10 Å². The van der Waals surface area contributed by atoms with Crippen LogP contribution >= 0.6 is 0 Å². The Labute approximate surface area is 107 Å². The van der Waals surface area contributed by atoms with Crippen molar-refractivity contribution in [1.82, 2.24) is 9.80 Å². The molecule has 1 unspecified atom stereocenters. The van der Waals surface area contributed by atoms with Crippen molar-refractivity contribution in [3.05, 3.63) is 35.6 Å². The van der Waals surface area contributed by atoms with Gasteiger partial charge in [-0.15, -0.1) is 0 Å². The van der Waals surface area contributed by atoms with Crippen molar-refractivity contribution in [3.63, 3.8) is 0 Å². The van der Waals surface area contributed by atoms with Crippen LogP contribution < -0.4 is 0 Å². The summed E-state index contributed by atoms with van der Waals surface area (Å²) in [4.78, 5) is 14.7. The molecule has 100 valence electrons. The highest BCUT2D eigenvalue weighted by molar-refractivity contribution is 5.77. The van der Waals surface area contributed by atoms with Gasteiger partial charge in [-0.1, -0.05) is 12.1 Å². The number of benzene rings is 1. The van der Waals surface area contributed by atoms with Crippen LogP contribution in [0.1, 0.15) is 11.7 Å². The van der Waals surface area contributed by atoms with Gasteiger partial charge < -0.3 is 10.0 Å². The topological polar surface area (TPSA) is 43.8 Å². The molecule has 0 fully saturated rings. The SMILES string of the molecule is CN(CC(=O)N(C)C)CC(O)c1ccc(F)cc1. The van der Waals surface area contributed by atoms with Gasteiger partial charge in [-0.25, -0.2) is 4.39 Å². The van der Waals surface area contributed by atoms with Gasteiger partial charge in [0.1, 0.15) is 5.82 Å². The third-order valence-corrected chi connectivity index (χ3v) is 2.64. The molecule has 1 aromatic carbocycles. The molecular weight excluding hydrogens is 235 g/mol. The minimum absolute atomic E-state index is 0.0243. The summed E-state index contributed by atoms with van der Waals surface area (Å²) in [6.07, 6.45) is -0.731. The maximum Gasteiger partial charge on any atom is 0.236 e. The average molecular weight is 254 g/mol. The Bertz CT molecular complexity index is 392.